The molecule has 1 aromatic carbocycles. The second kappa shape index (κ2) is 6.80. The van der Waals surface area contributed by atoms with E-state index in [2.05, 4.69) is 21.0 Å². The van der Waals surface area contributed by atoms with Crippen LogP contribution in [-0.2, 0) is 10.3 Å². The molecule has 8 heteroatoms. The zero-order valence-electron chi connectivity index (χ0n) is 14.4. The minimum atomic E-state index is -0.678. The van der Waals surface area contributed by atoms with Crippen molar-refractivity contribution >= 4 is 23.3 Å². The third-order valence-corrected chi connectivity index (χ3v) is 5.09. The van der Waals surface area contributed by atoms with Gasteiger partial charge in [0.25, 0.3) is 5.91 Å². The number of carbonyl (C=O) groups excluding carboxylic acids is 2. The summed E-state index contributed by atoms with van der Waals surface area (Å²) in [5.41, 5.74) is 0.854. The number of piperidine rings is 1. The Bertz CT molecular complexity index is 781. The minimum Gasteiger partial charge on any atom is -0.336 e. The molecule has 2 saturated heterocycles. The zero-order chi connectivity index (χ0) is 18.0. The maximum absolute atomic E-state index is 13.1. The van der Waals surface area contributed by atoms with Crippen LogP contribution in [0.2, 0.25) is 0 Å². The second-order valence-corrected chi connectivity index (χ2v) is 6.62. The van der Waals surface area contributed by atoms with Crippen molar-refractivity contribution in [2.75, 3.05) is 36.4 Å². The highest BCUT2D eigenvalue weighted by Crippen LogP contribution is 2.29. The smallest absolute Gasteiger partial charge is 0.321 e. The van der Waals surface area contributed by atoms with Gasteiger partial charge in [-0.3, -0.25) is 14.4 Å². The summed E-state index contributed by atoms with van der Waals surface area (Å²) in [5, 5.41) is 13.4. The van der Waals surface area contributed by atoms with Crippen LogP contribution in [0.3, 0.4) is 0 Å². The van der Waals surface area contributed by atoms with Crippen molar-refractivity contribution in [2.24, 2.45) is 0 Å². The molecule has 136 valence electrons. The summed E-state index contributed by atoms with van der Waals surface area (Å²) in [4.78, 5) is 26.5. The van der Waals surface area contributed by atoms with E-state index in [9.17, 15) is 9.59 Å². The molecular formula is C18H22N6O2. The molecule has 0 atom stereocenters. The van der Waals surface area contributed by atoms with E-state index in [-0.39, 0.29) is 11.9 Å². The maximum atomic E-state index is 13.1. The number of benzene rings is 1. The lowest BCUT2D eigenvalue weighted by Crippen LogP contribution is -2.52. The summed E-state index contributed by atoms with van der Waals surface area (Å²) in [6.45, 7) is 2.85. The van der Waals surface area contributed by atoms with Crippen molar-refractivity contribution in [3.05, 3.63) is 42.7 Å². The van der Waals surface area contributed by atoms with Crippen LogP contribution in [0, 0.1) is 0 Å². The lowest BCUT2D eigenvalue weighted by atomic mass is 9.87. The molecule has 3 N–H and O–H groups in total. The maximum Gasteiger partial charge on any atom is 0.321 e. The molecule has 0 spiro atoms. The SMILES string of the molecule is O=C1NCCN1c1ccc(NC(=O)C2(n3cccn3)CCNCC2)cc1. The van der Waals surface area contributed by atoms with Gasteiger partial charge in [-0.05, 0) is 56.3 Å². The first kappa shape index (κ1) is 16.6. The molecule has 2 aromatic rings. The molecule has 0 saturated carbocycles. The van der Waals surface area contributed by atoms with Crippen molar-refractivity contribution in [2.45, 2.75) is 18.4 Å². The van der Waals surface area contributed by atoms with Gasteiger partial charge >= 0.3 is 6.03 Å². The average Bonchev–Trinajstić information content (AvgIpc) is 3.35. The molecule has 2 fully saturated rings. The van der Waals surface area contributed by atoms with E-state index in [1.54, 1.807) is 15.8 Å². The summed E-state index contributed by atoms with van der Waals surface area (Å²) < 4.78 is 1.77. The van der Waals surface area contributed by atoms with Gasteiger partial charge in [-0.15, -0.1) is 0 Å². The Balaban J connectivity index is 1.52. The zero-order valence-corrected chi connectivity index (χ0v) is 14.4. The topological polar surface area (TPSA) is 91.3 Å². The van der Waals surface area contributed by atoms with E-state index < -0.39 is 5.54 Å². The van der Waals surface area contributed by atoms with Crippen molar-refractivity contribution in [1.29, 1.82) is 0 Å². The van der Waals surface area contributed by atoms with Crippen molar-refractivity contribution in [3.8, 4) is 0 Å². The molecule has 3 heterocycles. The van der Waals surface area contributed by atoms with Crippen LogP contribution in [0.4, 0.5) is 16.2 Å². The van der Waals surface area contributed by atoms with Crippen LogP contribution in [-0.4, -0.2) is 47.9 Å². The number of hydrogen-bond donors (Lipinski definition) is 3. The predicted octanol–water partition coefficient (Wildman–Crippen LogP) is 1.13. The highest BCUT2D eigenvalue weighted by molar-refractivity contribution is 5.97. The number of nitrogens with one attached hydrogen (secondary N) is 3. The van der Waals surface area contributed by atoms with E-state index in [0.29, 0.717) is 31.6 Å². The van der Waals surface area contributed by atoms with Crippen LogP contribution in [0.15, 0.2) is 42.7 Å². The standard InChI is InChI=1S/C18H22N6O2/c25-16(18(6-9-19-10-7-18)24-12-1-8-21-24)22-14-2-4-15(5-3-14)23-13-11-20-17(23)26/h1-5,8,12,19H,6-7,9-11,13H2,(H,20,26)(H,22,25). The molecule has 4 rings (SSSR count). The number of rotatable bonds is 4. The van der Waals surface area contributed by atoms with E-state index in [1.807, 2.05) is 36.5 Å². The van der Waals surface area contributed by atoms with Crippen LogP contribution in [0.1, 0.15) is 12.8 Å². The van der Waals surface area contributed by atoms with Gasteiger partial charge < -0.3 is 16.0 Å². The van der Waals surface area contributed by atoms with Gasteiger partial charge in [-0.2, -0.15) is 5.10 Å². The van der Waals surface area contributed by atoms with Crippen LogP contribution in [0.25, 0.3) is 0 Å². The molecule has 1 aromatic heterocycles. The number of nitrogens with zero attached hydrogens (tertiary/aromatic N) is 3. The van der Waals surface area contributed by atoms with Gasteiger partial charge in [0.1, 0.15) is 5.54 Å². The number of amides is 3. The third kappa shape index (κ3) is 2.92. The molecule has 0 unspecified atom stereocenters. The van der Waals surface area contributed by atoms with Crippen LogP contribution >= 0.6 is 0 Å². The molecular weight excluding hydrogens is 332 g/mol. The summed E-state index contributed by atoms with van der Waals surface area (Å²) in [7, 11) is 0. The Morgan fingerprint density at radius 2 is 1.92 bits per heavy atom. The molecule has 2 aliphatic rings. The molecule has 3 amide bonds. The lowest BCUT2D eigenvalue weighted by Gasteiger charge is -2.36. The number of aromatic nitrogens is 2. The lowest BCUT2D eigenvalue weighted by molar-refractivity contribution is -0.126. The monoisotopic (exact) mass is 354 g/mol. The number of carbonyl (C=O) groups is 2. The highest BCUT2D eigenvalue weighted by Gasteiger charge is 2.42. The molecule has 2 aliphatic heterocycles. The van der Waals surface area contributed by atoms with E-state index >= 15 is 0 Å². The first-order valence-corrected chi connectivity index (χ1v) is 8.87. The number of urea groups is 1. The fourth-order valence-electron chi connectivity index (χ4n) is 3.61. The molecule has 8 nitrogen and oxygen atoms in total. The van der Waals surface area contributed by atoms with Gasteiger partial charge in [0.05, 0.1) is 0 Å². The minimum absolute atomic E-state index is 0.0608. The van der Waals surface area contributed by atoms with E-state index in [4.69, 9.17) is 0 Å². The molecule has 26 heavy (non-hydrogen) atoms. The summed E-state index contributed by atoms with van der Waals surface area (Å²) in [6.07, 6.45) is 4.92. The first-order chi connectivity index (χ1) is 12.7. The van der Waals surface area contributed by atoms with E-state index in [0.717, 1.165) is 18.8 Å². The summed E-state index contributed by atoms with van der Waals surface area (Å²) in [6, 6.07) is 9.11. The predicted molar refractivity (Wildman–Crippen MR) is 98.1 cm³/mol. The molecule has 0 bridgehead atoms. The van der Waals surface area contributed by atoms with Gasteiger partial charge in [-0.1, -0.05) is 0 Å². The Morgan fingerprint density at radius 1 is 1.15 bits per heavy atom. The summed E-state index contributed by atoms with van der Waals surface area (Å²) >= 11 is 0. The Kier molecular flexibility index (Phi) is 4.34. The summed E-state index contributed by atoms with van der Waals surface area (Å²) in [5.74, 6) is -0.0608. The highest BCUT2D eigenvalue weighted by atomic mass is 16.2. The normalized spacial score (nSPS) is 19.2. The Hall–Kier alpha value is -2.87. The first-order valence-electron chi connectivity index (χ1n) is 8.87. The second-order valence-electron chi connectivity index (χ2n) is 6.62. The fraction of sp³-hybridized carbons (Fsp3) is 0.389. The van der Waals surface area contributed by atoms with Crippen molar-refractivity contribution in [3.63, 3.8) is 0 Å². The Morgan fingerprint density at radius 3 is 2.54 bits per heavy atom. The average molecular weight is 354 g/mol. The van der Waals surface area contributed by atoms with Gasteiger partial charge in [0, 0.05) is 36.9 Å². The van der Waals surface area contributed by atoms with Crippen LogP contribution < -0.4 is 20.9 Å². The molecule has 0 aliphatic carbocycles. The molecule has 0 radical (unpaired) electrons. The Labute approximate surface area is 151 Å². The van der Waals surface area contributed by atoms with Crippen molar-refractivity contribution < 1.29 is 9.59 Å². The quantitative estimate of drug-likeness (QED) is 0.768. The van der Waals surface area contributed by atoms with E-state index in [1.165, 1.54) is 0 Å². The van der Waals surface area contributed by atoms with Crippen LogP contribution in [0.5, 0.6) is 0 Å². The van der Waals surface area contributed by atoms with Gasteiger partial charge in [0.15, 0.2) is 0 Å². The third-order valence-electron chi connectivity index (χ3n) is 5.09. The van der Waals surface area contributed by atoms with Gasteiger partial charge in [0.2, 0.25) is 0 Å². The fourth-order valence-corrected chi connectivity index (χ4v) is 3.61. The largest absolute Gasteiger partial charge is 0.336 e. The number of hydrogen-bond acceptors (Lipinski definition) is 4. The van der Waals surface area contributed by atoms with Crippen molar-refractivity contribution in [1.82, 2.24) is 20.4 Å². The number of anilines is 2. The van der Waals surface area contributed by atoms with Gasteiger partial charge in [-0.25, -0.2) is 4.79 Å².